The van der Waals surface area contributed by atoms with Crippen molar-refractivity contribution in [2.45, 2.75) is 44.7 Å². The number of hydrogen-bond donors (Lipinski definition) is 1. The minimum absolute atomic E-state index is 0.0856. The standard InChI is InChI=1S/C17H20N8O/c1-12-8-9-19-17(21-12)22-13-2-4-14(5-3-13)25-16(26)7-6-15(23-25)24-11-18-10-20-24/h6-11,13-14H,2-5H2,1H3,(H,19,21,22). The van der Waals surface area contributed by atoms with Crippen LogP contribution in [0.3, 0.4) is 0 Å². The van der Waals surface area contributed by atoms with Gasteiger partial charge in [-0.2, -0.15) is 5.10 Å². The molecule has 0 spiro atoms. The van der Waals surface area contributed by atoms with Crippen LogP contribution in [-0.4, -0.2) is 40.6 Å². The van der Waals surface area contributed by atoms with Crippen molar-refractivity contribution in [1.82, 2.24) is 34.5 Å². The van der Waals surface area contributed by atoms with Crippen LogP contribution in [0.25, 0.3) is 5.82 Å². The molecule has 134 valence electrons. The highest BCUT2D eigenvalue weighted by Gasteiger charge is 2.24. The zero-order chi connectivity index (χ0) is 17.9. The quantitative estimate of drug-likeness (QED) is 0.759. The van der Waals surface area contributed by atoms with Gasteiger partial charge < -0.3 is 5.32 Å². The Balaban J connectivity index is 1.45. The van der Waals surface area contributed by atoms with Gasteiger partial charge in [-0.25, -0.2) is 24.3 Å². The molecule has 3 heterocycles. The zero-order valence-electron chi connectivity index (χ0n) is 14.5. The number of hydrogen-bond acceptors (Lipinski definition) is 7. The Labute approximate surface area is 150 Å². The SMILES string of the molecule is Cc1ccnc(NC2CCC(n3nc(-n4cncn4)ccc3=O)CC2)n1. The second-order valence-corrected chi connectivity index (χ2v) is 6.49. The fourth-order valence-electron chi connectivity index (χ4n) is 3.29. The molecule has 9 heteroatoms. The van der Waals surface area contributed by atoms with Gasteiger partial charge in [0, 0.05) is 24.0 Å². The third kappa shape index (κ3) is 3.46. The summed E-state index contributed by atoms with van der Waals surface area (Å²) in [7, 11) is 0. The minimum atomic E-state index is -0.0905. The topological polar surface area (TPSA) is 103 Å². The molecule has 0 bridgehead atoms. The molecular weight excluding hydrogens is 332 g/mol. The smallest absolute Gasteiger partial charge is 0.267 e. The molecular formula is C17H20N8O. The summed E-state index contributed by atoms with van der Waals surface area (Å²) < 4.78 is 3.13. The Bertz CT molecular complexity index is 928. The molecule has 1 fully saturated rings. The molecule has 1 aliphatic rings. The first-order valence-corrected chi connectivity index (χ1v) is 8.70. The Morgan fingerprint density at radius 3 is 2.73 bits per heavy atom. The van der Waals surface area contributed by atoms with Crippen molar-refractivity contribution < 1.29 is 0 Å². The Kier molecular flexibility index (Phi) is 4.42. The lowest BCUT2D eigenvalue weighted by Gasteiger charge is -2.29. The first-order valence-electron chi connectivity index (χ1n) is 8.70. The monoisotopic (exact) mass is 352 g/mol. The van der Waals surface area contributed by atoms with Crippen molar-refractivity contribution in [1.29, 1.82) is 0 Å². The highest BCUT2D eigenvalue weighted by molar-refractivity contribution is 5.26. The molecule has 0 atom stereocenters. The molecule has 3 aromatic heterocycles. The largest absolute Gasteiger partial charge is 0.351 e. The average Bonchev–Trinajstić information content (AvgIpc) is 3.18. The summed E-state index contributed by atoms with van der Waals surface area (Å²) in [6, 6.07) is 5.47. The fourth-order valence-corrected chi connectivity index (χ4v) is 3.29. The van der Waals surface area contributed by atoms with Crippen molar-refractivity contribution in [3.8, 4) is 5.82 Å². The molecule has 4 rings (SSSR count). The summed E-state index contributed by atoms with van der Waals surface area (Å²) >= 11 is 0. The van der Waals surface area contributed by atoms with Gasteiger partial charge in [-0.3, -0.25) is 4.79 Å². The van der Waals surface area contributed by atoms with Gasteiger partial charge in [-0.1, -0.05) is 0 Å². The van der Waals surface area contributed by atoms with Crippen LogP contribution >= 0.6 is 0 Å². The highest BCUT2D eigenvalue weighted by atomic mass is 16.1. The van der Waals surface area contributed by atoms with Crippen molar-refractivity contribution in [2.75, 3.05) is 5.32 Å². The van der Waals surface area contributed by atoms with E-state index in [4.69, 9.17) is 0 Å². The van der Waals surface area contributed by atoms with E-state index in [0.29, 0.717) is 17.8 Å². The predicted molar refractivity (Wildman–Crippen MR) is 95.1 cm³/mol. The molecule has 26 heavy (non-hydrogen) atoms. The molecule has 0 unspecified atom stereocenters. The van der Waals surface area contributed by atoms with Crippen LogP contribution in [0.2, 0.25) is 0 Å². The van der Waals surface area contributed by atoms with Gasteiger partial charge in [0.1, 0.15) is 12.7 Å². The molecule has 0 aromatic carbocycles. The summed E-state index contributed by atoms with van der Waals surface area (Å²) in [5, 5.41) is 11.9. The Morgan fingerprint density at radius 1 is 1.15 bits per heavy atom. The number of rotatable bonds is 4. The van der Waals surface area contributed by atoms with E-state index < -0.39 is 0 Å². The van der Waals surface area contributed by atoms with Gasteiger partial charge in [0.05, 0.1) is 6.04 Å². The van der Waals surface area contributed by atoms with E-state index in [1.54, 1.807) is 28.0 Å². The first kappa shape index (κ1) is 16.4. The van der Waals surface area contributed by atoms with E-state index in [-0.39, 0.29) is 11.6 Å². The Hall–Kier alpha value is -3.10. The second kappa shape index (κ2) is 7.03. The average molecular weight is 352 g/mol. The molecule has 3 aromatic rings. The number of anilines is 1. The summed E-state index contributed by atoms with van der Waals surface area (Å²) in [6.45, 7) is 1.95. The maximum atomic E-state index is 12.3. The predicted octanol–water partition coefficient (Wildman–Crippen LogP) is 1.52. The molecule has 1 aliphatic carbocycles. The molecule has 0 saturated heterocycles. The van der Waals surface area contributed by atoms with Gasteiger partial charge >= 0.3 is 0 Å². The second-order valence-electron chi connectivity index (χ2n) is 6.49. The first-order chi connectivity index (χ1) is 12.7. The number of nitrogens with one attached hydrogen (secondary N) is 1. The third-order valence-electron chi connectivity index (χ3n) is 4.64. The van der Waals surface area contributed by atoms with Crippen LogP contribution in [0.15, 0.2) is 41.8 Å². The van der Waals surface area contributed by atoms with E-state index >= 15 is 0 Å². The fraction of sp³-hybridized carbons (Fsp3) is 0.412. The van der Waals surface area contributed by atoms with Crippen molar-refractivity contribution in [3.05, 3.63) is 53.1 Å². The van der Waals surface area contributed by atoms with E-state index in [0.717, 1.165) is 31.4 Å². The zero-order valence-corrected chi connectivity index (χ0v) is 14.5. The molecule has 0 aliphatic heterocycles. The Morgan fingerprint density at radius 2 is 2.00 bits per heavy atom. The van der Waals surface area contributed by atoms with Gasteiger partial charge in [0.2, 0.25) is 5.95 Å². The minimum Gasteiger partial charge on any atom is -0.351 e. The van der Waals surface area contributed by atoms with E-state index in [2.05, 4.69) is 30.5 Å². The maximum Gasteiger partial charge on any atom is 0.267 e. The van der Waals surface area contributed by atoms with Crippen LogP contribution in [0.1, 0.15) is 37.4 Å². The summed E-state index contributed by atoms with van der Waals surface area (Å²) in [5.41, 5.74) is 0.851. The van der Waals surface area contributed by atoms with Crippen LogP contribution in [-0.2, 0) is 0 Å². The van der Waals surface area contributed by atoms with E-state index in [1.165, 1.54) is 12.4 Å². The van der Waals surface area contributed by atoms with E-state index in [1.807, 2.05) is 13.0 Å². The normalized spacial score (nSPS) is 20.0. The van der Waals surface area contributed by atoms with Crippen LogP contribution in [0.4, 0.5) is 5.95 Å². The lowest BCUT2D eigenvalue weighted by atomic mass is 9.91. The van der Waals surface area contributed by atoms with Gasteiger partial charge in [-0.05, 0) is 44.7 Å². The van der Waals surface area contributed by atoms with Gasteiger partial charge in [0.25, 0.3) is 5.56 Å². The molecule has 0 amide bonds. The van der Waals surface area contributed by atoms with Crippen molar-refractivity contribution >= 4 is 5.95 Å². The summed E-state index contributed by atoms with van der Waals surface area (Å²) in [5.74, 6) is 1.26. The number of nitrogens with zero attached hydrogens (tertiary/aromatic N) is 7. The van der Waals surface area contributed by atoms with Gasteiger partial charge in [-0.15, -0.1) is 5.10 Å². The summed E-state index contributed by atoms with van der Waals surface area (Å²) in [6.07, 6.45) is 8.39. The van der Waals surface area contributed by atoms with Crippen molar-refractivity contribution in [2.24, 2.45) is 0 Å². The van der Waals surface area contributed by atoms with Crippen molar-refractivity contribution in [3.63, 3.8) is 0 Å². The van der Waals surface area contributed by atoms with Gasteiger partial charge in [0.15, 0.2) is 5.82 Å². The summed E-state index contributed by atoms with van der Waals surface area (Å²) in [4.78, 5) is 24.8. The maximum absolute atomic E-state index is 12.3. The lowest BCUT2D eigenvalue weighted by molar-refractivity contribution is 0.302. The molecule has 1 N–H and O–H groups in total. The van der Waals surface area contributed by atoms with E-state index in [9.17, 15) is 4.79 Å². The third-order valence-corrected chi connectivity index (χ3v) is 4.64. The van der Waals surface area contributed by atoms with Crippen LogP contribution < -0.4 is 10.9 Å². The van der Waals surface area contributed by atoms with Crippen LogP contribution in [0, 0.1) is 6.92 Å². The molecule has 9 nitrogen and oxygen atoms in total. The number of aromatic nitrogens is 7. The molecule has 1 saturated carbocycles. The highest BCUT2D eigenvalue weighted by Crippen LogP contribution is 2.28. The molecule has 0 radical (unpaired) electrons. The number of aryl methyl sites for hydroxylation is 1. The van der Waals surface area contributed by atoms with Crippen LogP contribution in [0.5, 0.6) is 0 Å². The lowest BCUT2D eigenvalue weighted by Crippen LogP contribution is -2.34.